The van der Waals surface area contributed by atoms with Gasteiger partial charge in [-0.3, -0.25) is 9.59 Å². The highest BCUT2D eigenvalue weighted by atomic mass is 16.5. The van der Waals surface area contributed by atoms with Crippen LogP contribution in [0.15, 0.2) is 40.9 Å². The molecule has 1 aromatic carbocycles. The van der Waals surface area contributed by atoms with Crippen molar-refractivity contribution >= 4 is 11.8 Å². The molecule has 0 spiro atoms. The minimum Gasteiger partial charge on any atom is -0.360 e. The third kappa shape index (κ3) is 4.67. The van der Waals surface area contributed by atoms with E-state index in [1.54, 1.807) is 6.07 Å². The molecule has 2 atom stereocenters. The summed E-state index contributed by atoms with van der Waals surface area (Å²) in [6.07, 6.45) is 4.07. The summed E-state index contributed by atoms with van der Waals surface area (Å²) >= 11 is 0. The average molecular weight is 396 g/mol. The Morgan fingerprint density at radius 1 is 1.21 bits per heavy atom. The normalized spacial score (nSPS) is 21.8. The van der Waals surface area contributed by atoms with Crippen LogP contribution in [0.2, 0.25) is 0 Å². The van der Waals surface area contributed by atoms with Crippen molar-refractivity contribution in [1.29, 1.82) is 0 Å². The maximum Gasteiger partial charge on any atom is 0.273 e. The molecule has 0 bridgehead atoms. The summed E-state index contributed by atoms with van der Waals surface area (Å²) in [5.74, 6) is 1.17. The maximum atomic E-state index is 12.8. The predicted molar refractivity (Wildman–Crippen MR) is 108 cm³/mol. The number of carbonyl (C=O) groups is 2. The van der Waals surface area contributed by atoms with Gasteiger partial charge in [-0.2, -0.15) is 0 Å². The number of nitrogens with zero attached hydrogens (tertiary/aromatic N) is 2. The third-order valence-electron chi connectivity index (χ3n) is 5.85. The molecule has 2 aromatic rings. The van der Waals surface area contributed by atoms with E-state index in [-0.39, 0.29) is 23.8 Å². The van der Waals surface area contributed by atoms with Crippen molar-refractivity contribution in [3.05, 3.63) is 53.4 Å². The average Bonchev–Trinajstić information content (AvgIpc) is 3.49. The van der Waals surface area contributed by atoms with Gasteiger partial charge < -0.3 is 20.5 Å². The van der Waals surface area contributed by atoms with E-state index in [4.69, 9.17) is 10.3 Å². The Hall–Kier alpha value is -2.67. The second-order valence-electron chi connectivity index (χ2n) is 8.01. The molecular weight excluding hydrogens is 368 g/mol. The number of hydrogen-bond acceptors (Lipinski definition) is 5. The number of nitrogens with two attached hydrogens (primary N) is 1. The van der Waals surface area contributed by atoms with Gasteiger partial charge in [-0.1, -0.05) is 35.5 Å². The van der Waals surface area contributed by atoms with Crippen LogP contribution in [0.3, 0.4) is 0 Å². The van der Waals surface area contributed by atoms with Gasteiger partial charge in [-0.05, 0) is 37.8 Å². The first kappa shape index (κ1) is 19.6. The number of rotatable bonds is 7. The minimum atomic E-state index is -0.213. The quantitative estimate of drug-likeness (QED) is 0.748. The molecule has 1 aliphatic heterocycles. The van der Waals surface area contributed by atoms with Crippen LogP contribution in [0.4, 0.5) is 0 Å². The number of hydrogen-bond donors (Lipinski definition) is 2. The van der Waals surface area contributed by atoms with Crippen LogP contribution in [0.5, 0.6) is 0 Å². The summed E-state index contributed by atoms with van der Waals surface area (Å²) in [4.78, 5) is 27.2. The van der Waals surface area contributed by atoms with E-state index < -0.39 is 0 Å². The zero-order valence-corrected chi connectivity index (χ0v) is 16.5. The lowest BCUT2D eigenvalue weighted by Gasteiger charge is -2.39. The van der Waals surface area contributed by atoms with Gasteiger partial charge in [-0.15, -0.1) is 0 Å². The number of amides is 2. The van der Waals surface area contributed by atoms with Gasteiger partial charge in [-0.25, -0.2) is 0 Å². The van der Waals surface area contributed by atoms with Crippen molar-refractivity contribution in [1.82, 2.24) is 15.4 Å². The number of piperidine rings is 1. The fourth-order valence-electron chi connectivity index (χ4n) is 4.00. The number of nitrogens with one attached hydrogen (secondary N) is 1. The summed E-state index contributed by atoms with van der Waals surface area (Å²) in [6.45, 7) is 1.73. The van der Waals surface area contributed by atoms with Gasteiger partial charge in [0.2, 0.25) is 5.91 Å². The molecule has 2 heterocycles. The van der Waals surface area contributed by atoms with Crippen molar-refractivity contribution in [3.8, 4) is 0 Å². The molecule has 154 valence electrons. The van der Waals surface area contributed by atoms with Crippen LogP contribution in [0, 0.1) is 0 Å². The maximum absolute atomic E-state index is 12.8. The molecule has 1 saturated heterocycles. The second-order valence-corrected chi connectivity index (χ2v) is 8.01. The number of benzene rings is 1. The Balaban J connectivity index is 1.47. The van der Waals surface area contributed by atoms with Gasteiger partial charge in [0, 0.05) is 43.5 Å². The summed E-state index contributed by atoms with van der Waals surface area (Å²) in [6, 6.07) is 11.8. The van der Waals surface area contributed by atoms with Crippen LogP contribution < -0.4 is 11.1 Å². The highest BCUT2D eigenvalue weighted by Gasteiger charge is 2.34. The zero-order chi connectivity index (χ0) is 20.2. The molecule has 2 fully saturated rings. The Kier molecular flexibility index (Phi) is 5.94. The topological polar surface area (TPSA) is 101 Å². The van der Waals surface area contributed by atoms with Crippen molar-refractivity contribution < 1.29 is 14.1 Å². The van der Waals surface area contributed by atoms with Gasteiger partial charge in [0.15, 0.2) is 5.69 Å². The van der Waals surface area contributed by atoms with Crippen LogP contribution in [0.1, 0.15) is 65.8 Å². The fraction of sp³-hybridized carbons (Fsp3) is 0.500. The Labute approximate surface area is 170 Å². The summed E-state index contributed by atoms with van der Waals surface area (Å²) in [5.41, 5.74) is 7.00. The predicted octanol–water partition coefficient (Wildman–Crippen LogP) is 2.41. The standard InChI is InChI=1S/C22H28N4O3/c23-11-4-7-21(27)26-12-10-18(17(14-26)15-5-2-1-3-6-15)24-22(28)19-13-20(29-25-19)16-8-9-16/h1-3,5-6,13,16-18H,4,7-12,14,23H2,(H,24,28)/t17-,18+/m0/s1. The van der Waals surface area contributed by atoms with E-state index in [1.165, 1.54) is 0 Å². The summed E-state index contributed by atoms with van der Waals surface area (Å²) < 4.78 is 5.32. The van der Waals surface area contributed by atoms with Crippen molar-refractivity contribution in [2.45, 2.75) is 50.0 Å². The van der Waals surface area contributed by atoms with Crippen LogP contribution in [-0.4, -0.2) is 47.5 Å². The first-order chi connectivity index (χ1) is 14.2. The molecule has 3 N–H and O–H groups in total. The largest absolute Gasteiger partial charge is 0.360 e. The van der Waals surface area contributed by atoms with E-state index in [0.717, 1.165) is 24.2 Å². The van der Waals surface area contributed by atoms with E-state index in [1.807, 2.05) is 23.1 Å². The first-order valence-corrected chi connectivity index (χ1v) is 10.5. The number of likely N-dealkylation sites (tertiary alicyclic amines) is 1. The highest BCUT2D eigenvalue weighted by Crippen LogP contribution is 2.40. The Bertz CT molecular complexity index is 847. The first-order valence-electron chi connectivity index (χ1n) is 10.5. The highest BCUT2D eigenvalue weighted by molar-refractivity contribution is 5.92. The molecule has 0 radical (unpaired) electrons. The van der Waals surface area contributed by atoms with Gasteiger partial charge in [0.25, 0.3) is 5.91 Å². The molecule has 1 aliphatic carbocycles. The van der Waals surface area contributed by atoms with E-state index >= 15 is 0 Å². The summed E-state index contributed by atoms with van der Waals surface area (Å²) in [7, 11) is 0. The minimum absolute atomic E-state index is 0.0329. The summed E-state index contributed by atoms with van der Waals surface area (Å²) in [5, 5.41) is 7.09. The zero-order valence-electron chi connectivity index (χ0n) is 16.5. The molecule has 29 heavy (non-hydrogen) atoms. The second kappa shape index (κ2) is 8.78. The van der Waals surface area contributed by atoms with Gasteiger partial charge >= 0.3 is 0 Å². The van der Waals surface area contributed by atoms with Gasteiger partial charge in [0.1, 0.15) is 5.76 Å². The van der Waals surface area contributed by atoms with Gasteiger partial charge in [0.05, 0.1) is 0 Å². The monoisotopic (exact) mass is 396 g/mol. The molecule has 4 rings (SSSR count). The lowest BCUT2D eigenvalue weighted by molar-refractivity contribution is -0.132. The SMILES string of the molecule is NCCCC(=O)N1CC[C@@H](NC(=O)c2cc(C3CC3)on2)[C@H](c2ccccc2)C1. The number of aromatic nitrogens is 1. The molecule has 2 aliphatic rings. The Morgan fingerprint density at radius 3 is 2.72 bits per heavy atom. The van der Waals surface area contributed by atoms with Crippen LogP contribution in [-0.2, 0) is 4.79 Å². The fourth-order valence-corrected chi connectivity index (χ4v) is 4.00. The van der Waals surface area contributed by atoms with E-state index in [2.05, 4.69) is 22.6 Å². The third-order valence-corrected chi connectivity index (χ3v) is 5.85. The molecule has 0 unspecified atom stereocenters. The Morgan fingerprint density at radius 2 is 2.00 bits per heavy atom. The van der Waals surface area contributed by atoms with Crippen molar-refractivity contribution in [3.63, 3.8) is 0 Å². The van der Waals surface area contributed by atoms with Crippen molar-refractivity contribution in [2.75, 3.05) is 19.6 Å². The molecular formula is C22H28N4O3. The lowest BCUT2D eigenvalue weighted by atomic mass is 9.85. The van der Waals surface area contributed by atoms with E-state index in [0.29, 0.717) is 50.5 Å². The molecule has 1 aromatic heterocycles. The number of carbonyl (C=O) groups excluding carboxylic acids is 2. The molecule has 2 amide bonds. The molecule has 7 nitrogen and oxygen atoms in total. The lowest BCUT2D eigenvalue weighted by Crippen LogP contribution is -2.51. The van der Waals surface area contributed by atoms with Crippen molar-refractivity contribution in [2.24, 2.45) is 5.73 Å². The smallest absolute Gasteiger partial charge is 0.273 e. The van der Waals surface area contributed by atoms with Crippen LogP contribution >= 0.6 is 0 Å². The molecule has 1 saturated carbocycles. The van der Waals surface area contributed by atoms with E-state index in [9.17, 15) is 9.59 Å². The molecule has 7 heteroatoms. The van der Waals surface area contributed by atoms with Crippen LogP contribution in [0.25, 0.3) is 0 Å².